The van der Waals surface area contributed by atoms with Crippen LogP contribution in [0.1, 0.15) is 151 Å². The minimum atomic E-state index is -1.86. The zero-order valence-corrected chi connectivity index (χ0v) is 82.9. The number of amides is 3. The number of hydrogen-bond donors (Lipinski definition) is 3. The van der Waals surface area contributed by atoms with Crippen molar-refractivity contribution in [2.75, 3.05) is 71.2 Å². The van der Waals surface area contributed by atoms with Crippen molar-refractivity contribution in [2.45, 2.75) is 158 Å². The van der Waals surface area contributed by atoms with Gasteiger partial charge in [0.15, 0.2) is 52.4 Å². The highest BCUT2D eigenvalue weighted by atomic mass is 35.5. The molecule has 42 heteroatoms. The molecule has 0 saturated carbocycles. The fraction of sp³-hybridized carbons (Fsp3) is 0.303. The van der Waals surface area contributed by atoms with Crippen LogP contribution in [-0.2, 0) is 14.4 Å². The van der Waals surface area contributed by atoms with E-state index in [1.807, 2.05) is 97.8 Å². The summed E-state index contributed by atoms with van der Waals surface area (Å²) in [6, 6.07) is 13.3. The largest absolute Gasteiger partial charge is 0.396 e. The molecule has 0 radical (unpaired) electrons. The lowest BCUT2D eigenvalue weighted by Crippen LogP contribution is -2.58. The SMILES string of the molecule is C=CC(=O)N1[C@H](C)CN(c2c(C#N)c(=O)n(-c3c(C)ccnc3C(C)C)c3nc(-c4c(N)c(F)c(F)c(F)c4Cl)c(Cl)cc23)C[C@@H]1C.C=CC(=O)N1[C@H](C)CN(c2c(C#N)c(=O)n(-c3c(C)ccnc3C(C)C)c3nc(-c4c(N)c(F)c(F)c(F)c4Cl)c(Cl)cc23)C[C@@H]1C.C=CC(=O)N1[C@H](C)CN(c2c(C#N)c(=O)n(-c3c(C)ccnc3C(C)C)c3nc(-c4c(N)c(F)c(F)c(F)c4Cl)c(Cl)cc23)C[C@@H]1C. The van der Waals surface area contributed by atoms with Gasteiger partial charge in [-0.2, -0.15) is 15.8 Å². The number of piperazine rings is 3. The first-order chi connectivity index (χ1) is 66.5. The van der Waals surface area contributed by atoms with Crippen molar-refractivity contribution >= 4 is 155 Å². The molecule has 27 nitrogen and oxygen atoms in total. The maximum absolute atomic E-state index is 14.7. The Kier molecular flexibility index (Phi) is 30.3. The van der Waals surface area contributed by atoms with Gasteiger partial charge < -0.3 is 46.6 Å². The summed E-state index contributed by atoms with van der Waals surface area (Å²) in [7, 11) is 0. The Morgan fingerprint density at radius 3 is 0.787 bits per heavy atom. The van der Waals surface area contributed by atoms with E-state index in [1.165, 1.54) is 50.1 Å². The molecule has 3 aromatic carbocycles. The normalized spacial score (nSPS) is 16.6. The molecule has 6 N–H and O–H groups in total. The first kappa shape index (κ1) is 105. The topological polar surface area (TPSA) is 363 Å². The van der Waals surface area contributed by atoms with Gasteiger partial charge >= 0.3 is 0 Å². The number of nitrogens with two attached hydrogens (primary N) is 3. The van der Waals surface area contributed by atoms with Crippen molar-refractivity contribution in [1.29, 1.82) is 15.8 Å². The monoisotopic (exact) mass is 2050 g/mol. The number of pyridine rings is 9. The number of carbonyl (C=O) groups is 3. The summed E-state index contributed by atoms with van der Waals surface area (Å²) in [5.74, 6) is -17.1. The van der Waals surface area contributed by atoms with Crippen LogP contribution >= 0.6 is 69.6 Å². The second-order valence-electron chi connectivity index (χ2n) is 35.3. The minimum absolute atomic E-state index is 0.0492. The summed E-state index contributed by atoms with van der Waals surface area (Å²) in [6.45, 7) is 39.7. The molecule has 3 fully saturated rings. The highest BCUT2D eigenvalue weighted by Crippen LogP contribution is 2.50. The van der Waals surface area contributed by atoms with Crippen molar-refractivity contribution in [1.82, 2.24) is 58.3 Å². The first-order valence-corrected chi connectivity index (χ1v) is 46.1. The van der Waals surface area contributed by atoms with Gasteiger partial charge in [0.25, 0.3) is 16.7 Å². The molecule has 12 aromatic rings. The van der Waals surface area contributed by atoms with Gasteiger partial charge in [-0.25, -0.2) is 54.5 Å². The average Bonchev–Trinajstić information content (AvgIpc) is 0.725. The van der Waals surface area contributed by atoms with E-state index in [0.717, 1.165) is 0 Å². The molecule has 0 bridgehead atoms. The molecule has 15 rings (SSSR count). The molecule has 141 heavy (non-hydrogen) atoms. The number of fused-ring (bicyclic) bond motifs is 3. The van der Waals surface area contributed by atoms with Crippen LogP contribution in [0, 0.1) is 107 Å². The van der Waals surface area contributed by atoms with Crippen LogP contribution in [0.4, 0.5) is 73.6 Å². The van der Waals surface area contributed by atoms with E-state index in [0.29, 0.717) is 50.8 Å². The third-order valence-corrected chi connectivity index (χ3v) is 26.9. The zero-order chi connectivity index (χ0) is 104. The lowest BCUT2D eigenvalue weighted by atomic mass is 10.0. The Morgan fingerprint density at radius 1 is 0.383 bits per heavy atom. The molecule has 9 aromatic heterocycles. The summed E-state index contributed by atoms with van der Waals surface area (Å²) in [4.78, 5) is 119. The minimum Gasteiger partial charge on any atom is -0.396 e. The van der Waals surface area contributed by atoms with Gasteiger partial charge in [0.1, 0.15) is 51.8 Å². The van der Waals surface area contributed by atoms with Crippen LogP contribution in [-0.4, -0.2) is 152 Å². The molecule has 3 aliphatic rings. The predicted molar refractivity (Wildman–Crippen MR) is 530 cm³/mol. The average molecular weight is 2050 g/mol. The van der Waals surface area contributed by atoms with E-state index in [9.17, 15) is 84.1 Å². The summed E-state index contributed by atoms with van der Waals surface area (Å²) in [6.07, 6.45) is 8.46. The van der Waals surface area contributed by atoms with Gasteiger partial charge in [0.05, 0.1) is 115 Å². The number of halogens is 15. The Hall–Kier alpha value is -13.8. The lowest BCUT2D eigenvalue weighted by molar-refractivity contribution is -0.131. The summed E-state index contributed by atoms with van der Waals surface area (Å²) in [5, 5.41) is 29.0. The number of nitrogen functional groups attached to an aromatic ring is 3. The van der Waals surface area contributed by atoms with Gasteiger partial charge in [0, 0.05) is 127 Å². The molecule has 0 aliphatic carbocycles. The number of nitriles is 3. The zero-order valence-electron chi connectivity index (χ0n) is 78.4. The van der Waals surface area contributed by atoms with Gasteiger partial charge in [-0.05, 0) is 151 Å². The van der Waals surface area contributed by atoms with Gasteiger partial charge in [-0.3, -0.25) is 57.4 Å². The van der Waals surface area contributed by atoms with Crippen LogP contribution in [0.5, 0.6) is 0 Å². The predicted octanol–water partition coefficient (Wildman–Crippen LogP) is 20.0. The molecule has 732 valence electrons. The van der Waals surface area contributed by atoms with Gasteiger partial charge in [-0.15, -0.1) is 0 Å². The van der Waals surface area contributed by atoms with Crippen molar-refractivity contribution in [3.8, 4) is 69.0 Å². The van der Waals surface area contributed by atoms with Crippen LogP contribution in [0.3, 0.4) is 0 Å². The molecule has 3 amide bonds. The van der Waals surface area contributed by atoms with Crippen LogP contribution in [0.15, 0.2) is 107 Å². The van der Waals surface area contributed by atoms with Crippen LogP contribution in [0.2, 0.25) is 30.1 Å². The molecule has 0 unspecified atom stereocenters. The second kappa shape index (κ2) is 40.8. The molecule has 3 saturated heterocycles. The van der Waals surface area contributed by atoms with Crippen molar-refractivity contribution in [3.05, 3.63) is 257 Å². The van der Waals surface area contributed by atoms with Crippen molar-refractivity contribution in [2.24, 2.45) is 0 Å². The molecule has 3 aliphatic heterocycles. The van der Waals surface area contributed by atoms with Crippen LogP contribution in [0.25, 0.3) is 83.9 Å². The first-order valence-electron chi connectivity index (χ1n) is 43.9. The smallest absolute Gasteiger partial charge is 0.276 e. The highest BCUT2D eigenvalue weighted by Gasteiger charge is 2.42. The summed E-state index contributed by atoms with van der Waals surface area (Å²) in [5.41, 5.74) is 14.7. The Morgan fingerprint density at radius 2 is 0.596 bits per heavy atom. The summed E-state index contributed by atoms with van der Waals surface area (Å²) < 4.78 is 135. The molecule has 6 atom stereocenters. The van der Waals surface area contributed by atoms with Gasteiger partial charge in [-0.1, -0.05) is 131 Å². The maximum Gasteiger partial charge on any atom is 0.276 e. The lowest BCUT2D eigenvalue weighted by Gasteiger charge is -2.45. The maximum atomic E-state index is 14.7. The van der Waals surface area contributed by atoms with E-state index in [2.05, 4.69) is 67.8 Å². The quantitative estimate of drug-likeness (QED) is 0.0282. The number of nitrogens with zero attached hydrogens (tertiary/aromatic N) is 18. The molecular weight excluding hydrogens is 1960 g/mol. The van der Waals surface area contributed by atoms with E-state index in [1.54, 1.807) is 72.3 Å². The number of benzene rings is 3. The molecule has 12 heterocycles. The number of anilines is 6. The van der Waals surface area contributed by atoms with E-state index in [-0.39, 0.29) is 210 Å². The summed E-state index contributed by atoms with van der Waals surface area (Å²) >= 11 is 38.7. The van der Waals surface area contributed by atoms with E-state index in [4.69, 9.17) is 86.8 Å². The Labute approximate surface area is 832 Å². The third-order valence-electron chi connectivity index (χ3n) is 25.0. The van der Waals surface area contributed by atoms with E-state index < -0.39 is 118 Å². The highest BCUT2D eigenvalue weighted by molar-refractivity contribution is 6.39. The van der Waals surface area contributed by atoms with E-state index >= 15 is 0 Å². The van der Waals surface area contributed by atoms with Crippen LogP contribution < -0.4 is 48.6 Å². The number of hydrogen-bond acceptors (Lipinski definition) is 21. The second-order valence-corrected chi connectivity index (χ2v) is 37.7. The van der Waals surface area contributed by atoms with Crippen molar-refractivity contribution < 1.29 is 53.9 Å². The van der Waals surface area contributed by atoms with Gasteiger partial charge in [0.2, 0.25) is 17.7 Å². The number of carbonyl (C=O) groups excluding carboxylic acids is 3. The Balaban J connectivity index is 0.000000178. The third kappa shape index (κ3) is 18.1. The van der Waals surface area contributed by atoms with Crippen molar-refractivity contribution in [3.63, 3.8) is 0 Å². The fourth-order valence-corrected chi connectivity index (χ4v) is 20.4. The molecule has 0 spiro atoms. The standard InChI is InChI=1S/3C33H30Cl2F3N7O2/c3*1-7-21(46)44-16(5)12-43(13-17(44)6)31-18-10-20(34)29(22-23(35)24(36)25(37)26(38)27(22)40)42-32(18)45(33(47)19(31)11-39)30-15(4)8-9-41-28(30)14(2)3/h3*7-10,14,16-17H,1,12-13,40H2,2-6H3/t3*16-,17+. The number of rotatable bonds is 15. The Bertz CT molecular complexity index is 6860. The number of aryl methyl sites for hydroxylation is 3. The molecular formula is C99H90Cl6F9N21O6. The number of aromatic nitrogens is 9. The fourth-order valence-electron chi connectivity index (χ4n) is 18.9.